The first-order valence-corrected chi connectivity index (χ1v) is 13.1. The van der Waals surface area contributed by atoms with Crippen molar-refractivity contribution in [3.8, 4) is 5.75 Å². The predicted molar refractivity (Wildman–Crippen MR) is 141 cm³/mol. The molecule has 10 heteroatoms. The molecule has 0 aliphatic carbocycles. The van der Waals surface area contributed by atoms with E-state index < -0.39 is 22.5 Å². The van der Waals surface area contributed by atoms with Gasteiger partial charge in [-0.2, -0.15) is 0 Å². The number of para-hydroxylation sites is 1. The minimum absolute atomic E-state index is 0.00210. The number of halogens is 1. The zero-order valence-corrected chi connectivity index (χ0v) is 21.8. The van der Waals surface area contributed by atoms with Crippen LogP contribution in [0, 0.1) is 6.92 Å². The molecule has 0 aliphatic rings. The second-order valence-electron chi connectivity index (χ2n) is 7.99. The summed E-state index contributed by atoms with van der Waals surface area (Å²) in [4.78, 5) is 25.7. The maximum absolute atomic E-state index is 13.7. The number of amides is 2. The van der Waals surface area contributed by atoms with Crippen molar-refractivity contribution in [1.29, 1.82) is 0 Å². The average Bonchev–Trinajstić information content (AvgIpc) is 2.86. The van der Waals surface area contributed by atoms with E-state index in [1.54, 1.807) is 42.5 Å². The van der Waals surface area contributed by atoms with E-state index in [0.717, 1.165) is 16.3 Å². The Morgan fingerprint density at radius 3 is 2.39 bits per heavy atom. The van der Waals surface area contributed by atoms with E-state index in [9.17, 15) is 18.0 Å². The van der Waals surface area contributed by atoms with E-state index in [1.165, 1.54) is 31.4 Å². The van der Waals surface area contributed by atoms with Crippen molar-refractivity contribution in [1.82, 2.24) is 5.32 Å². The zero-order valence-electron chi connectivity index (χ0n) is 20.2. The van der Waals surface area contributed by atoms with E-state index >= 15 is 0 Å². The highest BCUT2D eigenvalue weighted by molar-refractivity contribution is 7.92. The van der Waals surface area contributed by atoms with Gasteiger partial charge in [0.25, 0.3) is 15.9 Å². The fraction of sp³-hybridized carbons (Fsp3) is 0.231. The zero-order chi connectivity index (χ0) is 26.3. The van der Waals surface area contributed by atoms with E-state index in [0.29, 0.717) is 6.54 Å². The van der Waals surface area contributed by atoms with Crippen LogP contribution in [0.15, 0.2) is 71.6 Å². The topological polar surface area (TPSA) is 105 Å². The van der Waals surface area contributed by atoms with Crippen LogP contribution in [0.3, 0.4) is 0 Å². The molecule has 0 spiro atoms. The third-order valence-corrected chi connectivity index (χ3v) is 7.30. The van der Waals surface area contributed by atoms with Crippen LogP contribution in [0.1, 0.15) is 29.3 Å². The van der Waals surface area contributed by atoms with E-state index in [-0.39, 0.29) is 38.5 Å². The van der Waals surface area contributed by atoms with Gasteiger partial charge in [-0.3, -0.25) is 13.9 Å². The van der Waals surface area contributed by atoms with Crippen LogP contribution in [-0.2, 0) is 14.8 Å². The van der Waals surface area contributed by atoms with Gasteiger partial charge < -0.3 is 15.4 Å². The number of hydrogen-bond donors (Lipinski definition) is 2. The van der Waals surface area contributed by atoms with Crippen molar-refractivity contribution in [3.05, 3.63) is 82.9 Å². The van der Waals surface area contributed by atoms with Crippen LogP contribution in [0.4, 0.5) is 11.4 Å². The fourth-order valence-corrected chi connectivity index (χ4v) is 5.03. The normalized spacial score (nSPS) is 11.0. The fourth-order valence-electron chi connectivity index (χ4n) is 3.44. The van der Waals surface area contributed by atoms with Gasteiger partial charge in [0.2, 0.25) is 5.91 Å². The monoisotopic (exact) mass is 529 g/mol. The second-order valence-corrected chi connectivity index (χ2v) is 10.3. The van der Waals surface area contributed by atoms with Crippen molar-refractivity contribution in [2.75, 3.05) is 29.8 Å². The number of benzene rings is 3. The minimum atomic E-state index is -4.19. The highest BCUT2D eigenvalue weighted by Gasteiger charge is 2.30. The Hall–Kier alpha value is -3.56. The standard InChI is InChI=1S/C26H28ClN3O5S/c1-4-15-28-26(32)21-7-5-6-8-22(21)29-25(31)17-30(23-16-19(27)11-14-24(23)35-3)36(33,34)20-12-9-18(2)10-13-20/h5-14,16H,4,15,17H2,1-3H3,(H,28,32)(H,29,31). The van der Waals surface area contributed by atoms with Crippen LogP contribution in [0.5, 0.6) is 5.75 Å². The molecule has 0 fully saturated rings. The molecule has 36 heavy (non-hydrogen) atoms. The molecule has 0 bridgehead atoms. The molecule has 2 N–H and O–H groups in total. The van der Waals surface area contributed by atoms with E-state index in [1.807, 2.05) is 13.8 Å². The van der Waals surface area contributed by atoms with E-state index in [4.69, 9.17) is 16.3 Å². The summed E-state index contributed by atoms with van der Waals surface area (Å²) in [6.07, 6.45) is 0.758. The van der Waals surface area contributed by atoms with Gasteiger partial charge in [-0.25, -0.2) is 8.42 Å². The van der Waals surface area contributed by atoms with Gasteiger partial charge in [0.1, 0.15) is 12.3 Å². The van der Waals surface area contributed by atoms with Crippen molar-refractivity contribution < 1.29 is 22.7 Å². The number of carbonyl (C=O) groups is 2. The van der Waals surface area contributed by atoms with Gasteiger partial charge in [-0.05, 0) is 55.8 Å². The maximum atomic E-state index is 13.7. The predicted octanol–water partition coefficient (Wildman–Crippen LogP) is 4.63. The number of carbonyl (C=O) groups excluding carboxylic acids is 2. The molecule has 0 aromatic heterocycles. The van der Waals surface area contributed by atoms with Crippen molar-refractivity contribution in [2.24, 2.45) is 0 Å². The number of sulfonamides is 1. The summed E-state index contributed by atoms with van der Waals surface area (Å²) < 4.78 is 33.7. The molecule has 8 nitrogen and oxygen atoms in total. The maximum Gasteiger partial charge on any atom is 0.264 e. The number of anilines is 2. The van der Waals surface area contributed by atoms with Crippen molar-refractivity contribution in [2.45, 2.75) is 25.2 Å². The molecule has 2 amide bonds. The molecule has 3 aromatic rings. The lowest BCUT2D eigenvalue weighted by atomic mass is 10.1. The average molecular weight is 530 g/mol. The van der Waals surface area contributed by atoms with Gasteiger partial charge in [0.15, 0.2) is 0 Å². The molecule has 0 saturated heterocycles. The van der Waals surface area contributed by atoms with Crippen molar-refractivity contribution >= 4 is 44.8 Å². The van der Waals surface area contributed by atoms with Crippen LogP contribution < -0.4 is 19.7 Å². The van der Waals surface area contributed by atoms with Gasteiger partial charge in [-0.15, -0.1) is 0 Å². The number of nitrogens with zero attached hydrogens (tertiary/aromatic N) is 1. The van der Waals surface area contributed by atoms with Crippen LogP contribution in [0.25, 0.3) is 0 Å². The van der Waals surface area contributed by atoms with Gasteiger partial charge in [0.05, 0.1) is 28.9 Å². The summed E-state index contributed by atoms with van der Waals surface area (Å²) in [7, 11) is -2.79. The molecule has 0 atom stereocenters. The molecular formula is C26H28ClN3O5S. The van der Waals surface area contributed by atoms with Gasteiger partial charge in [-0.1, -0.05) is 48.4 Å². The summed E-state index contributed by atoms with van der Waals surface area (Å²) in [6, 6.07) is 17.3. The molecular weight excluding hydrogens is 502 g/mol. The first kappa shape index (κ1) is 27.0. The molecule has 3 rings (SSSR count). The number of methoxy groups -OCH3 is 1. The summed E-state index contributed by atoms with van der Waals surface area (Å²) >= 11 is 6.18. The smallest absolute Gasteiger partial charge is 0.264 e. The molecule has 0 aliphatic heterocycles. The highest BCUT2D eigenvalue weighted by atomic mass is 35.5. The van der Waals surface area contributed by atoms with Crippen LogP contribution in [0.2, 0.25) is 5.02 Å². The number of rotatable bonds is 10. The molecule has 3 aromatic carbocycles. The Balaban J connectivity index is 1.99. The molecule has 0 unspecified atom stereocenters. The minimum Gasteiger partial charge on any atom is -0.495 e. The first-order valence-electron chi connectivity index (χ1n) is 11.3. The first-order chi connectivity index (χ1) is 17.2. The Labute approximate surface area is 216 Å². The van der Waals surface area contributed by atoms with Crippen LogP contribution in [-0.4, -0.2) is 40.4 Å². The van der Waals surface area contributed by atoms with Gasteiger partial charge >= 0.3 is 0 Å². The number of nitrogens with one attached hydrogen (secondary N) is 2. The molecule has 0 saturated carbocycles. The lowest BCUT2D eigenvalue weighted by Crippen LogP contribution is -2.38. The van der Waals surface area contributed by atoms with Gasteiger partial charge in [0, 0.05) is 11.6 Å². The van der Waals surface area contributed by atoms with Crippen LogP contribution >= 0.6 is 11.6 Å². The van der Waals surface area contributed by atoms with Crippen molar-refractivity contribution in [3.63, 3.8) is 0 Å². The second kappa shape index (κ2) is 11.9. The quantitative estimate of drug-likeness (QED) is 0.398. The lowest BCUT2D eigenvalue weighted by molar-refractivity contribution is -0.114. The molecule has 0 heterocycles. The number of hydrogen-bond acceptors (Lipinski definition) is 5. The Morgan fingerprint density at radius 2 is 1.72 bits per heavy atom. The summed E-state index contributed by atoms with van der Waals surface area (Å²) in [5, 5.41) is 5.72. The largest absolute Gasteiger partial charge is 0.495 e. The highest BCUT2D eigenvalue weighted by Crippen LogP contribution is 2.35. The summed E-state index contributed by atoms with van der Waals surface area (Å²) in [5.41, 5.74) is 1.53. The number of aryl methyl sites for hydroxylation is 1. The number of ether oxygens (including phenoxy) is 1. The molecule has 0 radical (unpaired) electrons. The Kier molecular flexibility index (Phi) is 8.95. The summed E-state index contributed by atoms with van der Waals surface area (Å²) in [6.45, 7) is 3.67. The Bertz CT molecular complexity index is 1340. The summed E-state index contributed by atoms with van der Waals surface area (Å²) in [5.74, 6) is -0.765. The lowest BCUT2D eigenvalue weighted by Gasteiger charge is -2.26. The van der Waals surface area contributed by atoms with E-state index in [2.05, 4.69) is 10.6 Å². The molecule has 190 valence electrons. The third kappa shape index (κ3) is 6.35. The third-order valence-electron chi connectivity index (χ3n) is 5.29. The Morgan fingerprint density at radius 1 is 1.03 bits per heavy atom. The SMILES string of the molecule is CCCNC(=O)c1ccccc1NC(=O)CN(c1cc(Cl)ccc1OC)S(=O)(=O)c1ccc(C)cc1.